The second kappa shape index (κ2) is 6.12. The molecule has 130 valence electrons. The summed E-state index contributed by atoms with van der Waals surface area (Å²) >= 11 is 0. The van der Waals surface area contributed by atoms with Crippen LogP contribution in [0.15, 0.2) is 42.5 Å². The lowest BCUT2D eigenvalue weighted by Gasteiger charge is -2.24. The largest absolute Gasteiger partial charge is 0.511 e. The summed E-state index contributed by atoms with van der Waals surface area (Å²) in [5.74, 6) is 0.562. The van der Waals surface area contributed by atoms with Gasteiger partial charge in [-0.15, -0.1) is 0 Å². The molecule has 1 heterocycles. The molecule has 1 N–H and O–H groups in total. The molecule has 25 heavy (non-hydrogen) atoms. The van der Waals surface area contributed by atoms with Crippen LogP contribution in [-0.2, 0) is 10.2 Å². The average molecular weight is 342 g/mol. The van der Waals surface area contributed by atoms with Gasteiger partial charge in [0.05, 0.1) is 5.41 Å². The van der Waals surface area contributed by atoms with E-state index in [4.69, 9.17) is 14.6 Å². The first-order chi connectivity index (χ1) is 11.8. The molecular weight excluding hydrogens is 324 g/mol. The Morgan fingerprint density at radius 3 is 2.28 bits per heavy atom. The summed E-state index contributed by atoms with van der Waals surface area (Å²) in [6, 6.07) is 12.7. The van der Waals surface area contributed by atoms with Gasteiger partial charge in [-0.3, -0.25) is 4.79 Å². The molecule has 1 atom stereocenters. The highest BCUT2D eigenvalue weighted by Gasteiger charge is 2.34. The number of carbonyl (C=O) groups excluding carboxylic acids is 1. The molecule has 0 aromatic heterocycles. The number of Topliss-reactive ketones (excluding diaryl/α,β-unsaturated/α-hetero) is 1. The number of carbonyl (C=O) groups is 2. The zero-order valence-electron chi connectivity index (χ0n) is 14.1. The molecule has 3 rings (SSSR count). The first kappa shape index (κ1) is 16.8. The Bertz CT molecular complexity index is 825. The van der Waals surface area contributed by atoms with Crippen LogP contribution in [0.1, 0.15) is 35.3 Å². The lowest BCUT2D eigenvalue weighted by molar-refractivity contribution is -0.147. The maximum absolute atomic E-state index is 13.1. The molecule has 0 radical (unpaired) electrons. The van der Waals surface area contributed by atoms with Crippen molar-refractivity contribution < 1.29 is 28.9 Å². The number of aryl methyl sites for hydroxylation is 1. The third-order valence-corrected chi connectivity index (χ3v) is 4.24. The topological polar surface area (TPSA) is 82.1 Å². The standard InChI is InChI=1S/C19H18O6/c1-11-9-14-15(24-18(23-14)25-17(21)22)10-13(11)16(20)19(2,3)12-7-5-4-6-8-12/h4-10,18H,1-3H3,(H,21,22). The zero-order valence-corrected chi connectivity index (χ0v) is 14.1. The second-order valence-electron chi connectivity index (χ2n) is 6.34. The number of hydrogen-bond donors (Lipinski definition) is 1. The average Bonchev–Trinajstić information content (AvgIpc) is 2.94. The summed E-state index contributed by atoms with van der Waals surface area (Å²) in [6.07, 6.45) is -1.50. The maximum Gasteiger partial charge on any atom is 0.511 e. The summed E-state index contributed by atoms with van der Waals surface area (Å²) in [5.41, 5.74) is 1.39. The van der Waals surface area contributed by atoms with Crippen LogP contribution in [0.25, 0.3) is 0 Å². The van der Waals surface area contributed by atoms with E-state index in [1.807, 2.05) is 44.2 Å². The van der Waals surface area contributed by atoms with E-state index in [0.29, 0.717) is 16.9 Å². The maximum atomic E-state index is 13.1. The molecule has 0 aliphatic carbocycles. The van der Waals surface area contributed by atoms with Crippen molar-refractivity contribution in [2.45, 2.75) is 32.7 Å². The zero-order chi connectivity index (χ0) is 18.2. The van der Waals surface area contributed by atoms with E-state index < -0.39 is 18.0 Å². The van der Waals surface area contributed by atoms with Crippen molar-refractivity contribution in [3.63, 3.8) is 0 Å². The number of rotatable bonds is 4. The number of hydrogen-bond acceptors (Lipinski definition) is 5. The van der Waals surface area contributed by atoms with Crippen LogP contribution in [0.3, 0.4) is 0 Å². The van der Waals surface area contributed by atoms with Gasteiger partial charge in [0.25, 0.3) is 0 Å². The van der Waals surface area contributed by atoms with Crippen molar-refractivity contribution in [3.8, 4) is 11.5 Å². The van der Waals surface area contributed by atoms with Crippen molar-refractivity contribution in [2.75, 3.05) is 0 Å². The first-order valence-corrected chi connectivity index (χ1v) is 7.77. The fraction of sp³-hybridized carbons (Fsp3) is 0.263. The highest BCUT2D eigenvalue weighted by atomic mass is 16.9. The molecule has 2 aromatic rings. The molecule has 6 heteroatoms. The van der Waals surface area contributed by atoms with E-state index >= 15 is 0 Å². The van der Waals surface area contributed by atoms with E-state index in [1.54, 1.807) is 19.1 Å². The van der Waals surface area contributed by atoms with Gasteiger partial charge in [-0.2, -0.15) is 0 Å². The summed E-state index contributed by atoms with van der Waals surface area (Å²) < 4.78 is 15.0. The molecular formula is C19H18O6. The van der Waals surface area contributed by atoms with E-state index in [2.05, 4.69) is 4.74 Å². The monoisotopic (exact) mass is 342 g/mol. The summed E-state index contributed by atoms with van der Waals surface area (Å²) in [5, 5.41) is 8.65. The normalized spacial score (nSPS) is 15.7. The van der Waals surface area contributed by atoms with Gasteiger partial charge >= 0.3 is 12.6 Å². The number of benzene rings is 2. The quantitative estimate of drug-likeness (QED) is 0.670. The van der Waals surface area contributed by atoms with Crippen LogP contribution in [-0.4, -0.2) is 23.5 Å². The summed E-state index contributed by atoms with van der Waals surface area (Å²) in [6.45, 7) is 4.17. The molecule has 1 unspecified atom stereocenters. The van der Waals surface area contributed by atoms with E-state index in [-0.39, 0.29) is 11.5 Å². The molecule has 2 aromatic carbocycles. The van der Waals surface area contributed by atoms with Crippen LogP contribution in [0.4, 0.5) is 4.79 Å². The number of ether oxygens (including phenoxy) is 3. The van der Waals surface area contributed by atoms with Crippen molar-refractivity contribution in [1.29, 1.82) is 0 Å². The number of ketones is 1. The van der Waals surface area contributed by atoms with Gasteiger partial charge in [0, 0.05) is 5.56 Å². The SMILES string of the molecule is Cc1cc2c(cc1C(=O)C(C)(C)c1ccccc1)OC(OC(=O)O)O2. The molecule has 1 aliphatic rings. The molecule has 0 spiro atoms. The predicted molar refractivity (Wildman–Crippen MR) is 89.1 cm³/mol. The van der Waals surface area contributed by atoms with Crippen LogP contribution in [0.5, 0.6) is 11.5 Å². The number of fused-ring (bicyclic) bond motifs is 1. The van der Waals surface area contributed by atoms with E-state index in [0.717, 1.165) is 5.56 Å². The van der Waals surface area contributed by atoms with E-state index in [9.17, 15) is 9.59 Å². The Balaban J connectivity index is 1.92. The van der Waals surface area contributed by atoms with Crippen LogP contribution >= 0.6 is 0 Å². The van der Waals surface area contributed by atoms with Crippen molar-refractivity contribution in [2.24, 2.45) is 0 Å². The minimum absolute atomic E-state index is 0.0646. The Morgan fingerprint density at radius 1 is 1.08 bits per heavy atom. The second-order valence-corrected chi connectivity index (χ2v) is 6.34. The van der Waals surface area contributed by atoms with Gasteiger partial charge in [-0.1, -0.05) is 30.3 Å². The predicted octanol–water partition coefficient (Wildman–Crippen LogP) is 3.90. The molecule has 0 saturated carbocycles. The Kier molecular flexibility index (Phi) is 4.12. The first-order valence-electron chi connectivity index (χ1n) is 7.77. The Labute approximate surface area is 144 Å². The van der Waals surface area contributed by atoms with Gasteiger partial charge in [0.2, 0.25) is 0 Å². The van der Waals surface area contributed by atoms with Gasteiger partial charge in [-0.05, 0) is 44.0 Å². The molecule has 1 aliphatic heterocycles. The Hall–Kier alpha value is -3.02. The summed E-state index contributed by atoms with van der Waals surface area (Å²) in [4.78, 5) is 23.7. The van der Waals surface area contributed by atoms with Gasteiger partial charge in [0.15, 0.2) is 17.3 Å². The van der Waals surface area contributed by atoms with Crippen molar-refractivity contribution in [3.05, 3.63) is 59.2 Å². The Morgan fingerprint density at radius 2 is 1.68 bits per heavy atom. The van der Waals surface area contributed by atoms with Gasteiger partial charge in [0.1, 0.15) is 0 Å². The fourth-order valence-corrected chi connectivity index (χ4v) is 2.77. The van der Waals surface area contributed by atoms with Gasteiger partial charge in [-0.25, -0.2) is 4.79 Å². The lowest BCUT2D eigenvalue weighted by atomic mass is 9.77. The van der Waals surface area contributed by atoms with Crippen molar-refractivity contribution in [1.82, 2.24) is 0 Å². The molecule has 6 nitrogen and oxygen atoms in total. The van der Waals surface area contributed by atoms with Crippen LogP contribution in [0.2, 0.25) is 0 Å². The molecule has 0 amide bonds. The highest BCUT2D eigenvalue weighted by Crippen LogP contribution is 2.39. The molecule has 0 fully saturated rings. The van der Waals surface area contributed by atoms with Crippen LogP contribution < -0.4 is 9.47 Å². The fourth-order valence-electron chi connectivity index (χ4n) is 2.77. The highest BCUT2D eigenvalue weighted by molar-refractivity contribution is 6.05. The minimum atomic E-state index is -1.50. The smallest absolute Gasteiger partial charge is 0.450 e. The summed E-state index contributed by atoms with van der Waals surface area (Å²) in [7, 11) is 0. The third kappa shape index (κ3) is 3.15. The van der Waals surface area contributed by atoms with Crippen LogP contribution in [0, 0.1) is 6.92 Å². The molecule has 0 saturated heterocycles. The van der Waals surface area contributed by atoms with E-state index in [1.165, 1.54) is 0 Å². The lowest BCUT2D eigenvalue weighted by Crippen LogP contribution is -2.29. The third-order valence-electron chi connectivity index (χ3n) is 4.24. The van der Waals surface area contributed by atoms with Gasteiger partial charge < -0.3 is 19.3 Å². The van der Waals surface area contributed by atoms with Crippen molar-refractivity contribution >= 4 is 11.9 Å². The number of carboxylic acid groups (broad SMARTS) is 1. The molecule has 0 bridgehead atoms. The minimum Gasteiger partial charge on any atom is -0.450 e.